The molecule has 25 heavy (non-hydrogen) atoms. The van der Waals surface area contributed by atoms with Gasteiger partial charge < -0.3 is 10.6 Å². The van der Waals surface area contributed by atoms with Crippen LogP contribution < -0.4 is 10.6 Å². The van der Waals surface area contributed by atoms with E-state index in [1.54, 1.807) is 23.7 Å². The molecule has 0 radical (unpaired) electrons. The lowest BCUT2D eigenvalue weighted by Crippen LogP contribution is -2.35. The summed E-state index contributed by atoms with van der Waals surface area (Å²) >= 11 is 1.55. The molecule has 2 aromatic heterocycles. The molecule has 3 rings (SSSR count). The molecule has 0 saturated carbocycles. The van der Waals surface area contributed by atoms with Crippen molar-refractivity contribution in [3.8, 4) is 11.3 Å². The number of halogens is 2. The molecule has 8 heteroatoms. The number of aromatic nitrogens is 2. The lowest BCUT2D eigenvalue weighted by atomic mass is 10.2. The van der Waals surface area contributed by atoms with Crippen LogP contribution in [0, 0.1) is 11.6 Å². The molecule has 128 valence electrons. The quantitative estimate of drug-likeness (QED) is 0.732. The van der Waals surface area contributed by atoms with E-state index in [1.807, 2.05) is 16.8 Å². The molecular weight excluding hydrogens is 346 g/mol. The normalized spacial score (nSPS) is 10.5. The molecule has 0 atom stereocenters. The van der Waals surface area contributed by atoms with Gasteiger partial charge in [-0.1, -0.05) is 6.07 Å². The summed E-state index contributed by atoms with van der Waals surface area (Å²) < 4.78 is 26.4. The van der Waals surface area contributed by atoms with Crippen molar-refractivity contribution in [2.45, 2.75) is 13.1 Å². The Labute approximate surface area is 146 Å². The summed E-state index contributed by atoms with van der Waals surface area (Å²) in [5.41, 5.74) is 2.47. The van der Waals surface area contributed by atoms with E-state index in [0.29, 0.717) is 11.4 Å². The Kier molecular flexibility index (Phi) is 5.30. The Balaban J connectivity index is 1.58. The highest BCUT2D eigenvalue weighted by molar-refractivity contribution is 7.08. The Morgan fingerprint density at radius 2 is 1.88 bits per heavy atom. The first kappa shape index (κ1) is 17.0. The van der Waals surface area contributed by atoms with Gasteiger partial charge in [0.2, 0.25) is 0 Å². The first-order valence-corrected chi connectivity index (χ1v) is 8.36. The van der Waals surface area contributed by atoms with E-state index < -0.39 is 17.7 Å². The van der Waals surface area contributed by atoms with Gasteiger partial charge in [-0.25, -0.2) is 13.6 Å². The summed E-state index contributed by atoms with van der Waals surface area (Å²) in [4.78, 5) is 20.4. The van der Waals surface area contributed by atoms with Gasteiger partial charge in [0, 0.05) is 41.5 Å². The first-order chi connectivity index (χ1) is 12.1. The standard InChI is InChI=1S/C17H14F2N4OS/c18-13-2-1-11(14(19)7-13)8-22-17(24)23-9-15-16(21-5-4-20-15)12-3-6-25-10-12/h1-7,10H,8-9H2,(H2,22,23,24). The smallest absolute Gasteiger partial charge is 0.315 e. The van der Waals surface area contributed by atoms with Crippen LogP contribution >= 0.6 is 11.3 Å². The Morgan fingerprint density at radius 3 is 2.64 bits per heavy atom. The van der Waals surface area contributed by atoms with Crippen LogP contribution in [0.2, 0.25) is 0 Å². The van der Waals surface area contributed by atoms with Crippen molar-refractivity contribution in [2.75, 3.05) is 0 Å². The highest BCUT2D eigenvalue weighted by Crippen LogP contribution is 2.22. The Hall–Kier alpha value is -2.87. The number of hydrogen-bond donors (Lipinski definition) is 2. The molecule has 2 heterocycles. The van der Waals surface area contributed by atoms with Gasteiger partial charge >= 0.3 is 6.03 Å². The molecule has 0 saturated heterocycles. The number of rotatable bonds is 5. The Morgan fingerprint density at radius 1 is 1.08 bits per heavy atom. The molecule has 5 nitrogen and oxygen atoms in total. The van der Waals surface area contributed by atoms with E-state index in [-0.39, 0.29) is 18.7 Å². The molecule has 0 spiro atoms. The maximum atomic E-state index is 13.5. The van der Waals surface area contributed by atoms with Crippen LogP contribution in [0.15, 0.2) is 47.4 Å². The van der Waals surface area contributed by atoms with Gasteiger partial charge in [-0.15, -0.1) is 0 Å². The Bertz CT molecular complexity index is 871. The van der Waals surface area contributed by atoms with Crippen LogP contribution in [0.25, 0.3) is 11.3 Å². The topological polar surface area (TPSA) is 66.9 Å². The third kappa shape index (κ3) is 4.36. The van der Waals surface area contributed by atoms with E-state index in [2.05, 4.69) is 20.6 Å². The number of thiophene rings is 1. The third-order valence-electron chi connectivity index (χ3n) is 3.44. The number of carbonyl (C=O) groups excluding carboxylic acids is 1. The highest BCUT2D eigenvalue weighted by atomic mass is 32.1. The molecule has 0 fully saturated rings. The molecule has 0 aliphatic heterocycles. The third-order valence-corrected chi connectivity index (χ3v) is 4.12. The zero-order chi connectivity index (χ0) is 17.6. The van der Waals surface area contributed by atoms with E-state index in [4.69, 9.17) is 0 Å². The molecule has 0 aliphatic carbocycles. The fourth-order valence-electron chi connectivity index (χ4n) is 2.20. The van der Waals surface area contributed by atoms with Crippen molar-refractivity contribution < 1.29 is 13.6 Å². The van der Waals surface area contributed by atoms with Gasteiger partial charge in [0.25, 0.3) is 0 Å². The largest absolute Gasteiger partial charge is 0.334 e. The average Bonchev–Trinajstić information content (AvgIpc) is 3.14. The molecule has 3 aromatic rings. The molecule has 0 bridgehead atoms. The second-order valence-electron chi connectivity index (χ2n) is 5.14. The molecule has 0 aliphatic rings. The van der Waals surface area contributed by atoms with E-state index in [9.17, 15) is 13.6 Å². The second-order valence-corrected chi connectivity index (χ2v) is 5.92. The predicted octanol–water partition coefficient (Wildman–Crippen LogP) is 3.48. The average molecular weight is 360 g/mol. The summed E-state index contributed by atoms with van der Waals surface area (Å²) in [6, 6.07) is 4.66. The zero-order valence-corrected chi connectivity index (χ0v) is 13.8. The van der Waals surface area contributed by atoms with Crippen molar-refractivity contribution >= 4 is 17.4 Å². The number of carbonyl (C=O) groups is 1. The summed E-state index contributed by atoms with van der Waals surface area (Å²) in [5, 5.41) is 9.07. The number of nitrogens with one attached hydrogen (secondary N) is 2. The van der Waals surface area contributed by atoms with Gasteiger partial charge in [-0.3, -0.25) is 9.97 Å². The van der Waals surface area contributed by atoms with Gasteiger partial charge in [-0.05, 0) is 17.5 Å². The minimum Gasteiger partial charge on any atom is -0.334 e. The van der Waals surface area contributed by atoms with Crippen molar-refractivity contribution in [3.63, 3.8) is 0 Å². The fourth-order valence-corrected chi connectivity index (χ4v) is 2.84. The zero-order valence-electron chi connectivity index (χ0n) is 13.0. The van der Waals surface area contributed by atoms with Crippen molar-refractivity contribution in [3.05, 3.63) is 70.3 Å². The van der Waals surface area contributed by atoms with Crippen molar-refractivity contribution in [2.24, 2.45) is 0 Å². The number of benzene rings is 1. The number of urea groups is 1. The number of nitrogens with zero attached hydrogens (tertiary/aromatic N) is 2. The van der Waals surface area contributed by atoms with Crippen LogP contribution in [0.3, 0.4) is 0 Å². The summed E-state index contributed by atoms with van der Waals surface area (Å²) in [5.74, 6) is -1.36. The van der Waals surface area contributed by atoms with Crippen LogP contribution in [-0.4, -0.2) is 16.0 Å². The van der Waals surface area contributed by atoms with Gasteiger partial charge in [-0.2, -0.15) is 11.3 Å². The molecule has 2 amide bonds. The first-order valence-electron chi connectivity index (χ1n) is 7.41. The van der Waals surface area contributed by atoms with Crippen LogP contribution in [-0.2, 0) is 13.1 Å². The van der Waals surface area contributed by atoms with Gasteiger partial charge in [0.05, 0.1) is 17.9 Å². The van der Waals surface area contributed by atoms with E-state index >= 15 is 0 Å². The van der Waals surface area contributed by atoms with E-state index in [0.717, 1.165) is 17.7 Å². The number of amides is 2. The lowest BCUT2D eigenvalue weighted by Gasteiger charge is -2.10. The van der Waals surface area contributed by atoms with Gasteiger partial charge in [0.1, 0.15) is 11.6 Å². The minimum absolute atomic E-state index is 0.0458. The van der Waals surface area contributed by atoms with Crippen molar-refractivity contribution in [1.82, 2.24) is 20.6 Å². The van der Waals surface area contributed by atoms with Crippen molar-refractivity contribution in [1.29, 1.82) is 0 Å². The van der Waals surface area contributed by atoms with Gasteiger partial charge in [0.15, 0.2) is 0 Å². The molecular formula is C17H14F2N4OS. The molecule has 1 aromatic carbocycles. The summed E-state index contributed by atoms with van der Waals surface area (Å²) in [7, 11) is 0. The maximum absolute atomic E-state index is 13.5. The van der Waals surface area contributed by atoms with Crippen LogP contribution in [0.4, 0.5) is 13.6 Å². The van der Waals surface area contributed by atoms with E-state index in [1.165, 1.54) is 6.07 Å². The second kappa shape index (κ2) is 7.80. The van der Waals surface area contributed by atoms with Crippen LogP contribution in [0.1, 0.15) is 11.3 Å². The summed E-state index contributed by atoms with van der Waals surface area (Å²) in [6.07, 6.45) is 3.15. The highest BCUT2D eigenvalue weighted by Gasteiger charge is 2.10. The lowest BCUT2D eigenvalue weighted by molar-refractivity contribution is 0.240. The monoisotopic (exact) mass is 360 g/mol. The minimum atomic E-state index is -0.700. The SMILES string of the molecule is O=C(NCc1ccc(F)cc1F)NCc1nccnc1-c1ccsc1. The molecule has 2 N–H and O–H groups in total. The fraction of sp³-hybridized carbons (Fsp3) is 0.118. The molecule has 0 unspecified atom stereocenters. The predicted molar refractivity (Wildman–Crippen MR) is 90.8 cm³/mol. The maximum Gasteiger partial charge on any atom is 0.315 e. The number of hydrogen-bond acceptors (Lipinski definition) is 4. The summed E-state index contributed by atoms with van der Waals surface area (Å²) in [6.45, 7) is 0.132. The van der Waals surface area contributed by atoms with Crippen LogP contribution in [0.5, 0.6) is 0 Å².